The molecule has 0 aromatic heterocycles. The second-order valence-corrected chi connectivity index (χ2v) is 4.89. The van der Waals surface area contributed by atoms with Gasteiger partial charge in [0.2, 0.25) is 0 Å². The van der Waals surface area contributed by atoms with Crippen molar-refractivity contribution in [2.75, 3.05) is 6.61 Å². The molecular weight excluding hydrogens is 274 g/mol. The lowest BCUT2D eigenvalue weighted by Gasteiger charge is -2.13. The maximum Gasteiger partial charge on any atom is 0.330 e. The van der Waals surface area contributed by atoms with Gasteiger partial charge in [-0.15, -0.1) is 0 Å². The van der Waals surface area contributed by atoms with Crippen molar-refractivity contribution in [2.24, 2.45) is 4.99 Å². The number of carbonyl (C=O) groups excluding carboxylic acids is 1. The lowest BCUT2D eigenvalue weighted by molar-refractivity contribution is -0.144. The van der Waals surface area contributed by atoms with Gasteiger partial charge in [-0.1, -0.05) is 67.6 Å². The molecule has 0 radical (unpaired) electrons. The number of carbonyl (C=O) groups is 1. The summed E-state index contributed by atoms with van der Waals surface area (Å²) in [5.74, 6) is -0.269. The molecule has 0 heterocycles. The van der Waals surface area contributed by atoms with Crippen molar-refractivity contribution in [3.63, 3.8) is 0 Å². The van der Waals surface area contributed by atoms with Crippen molar-refractivity contribution in [1.82, 2.24) is 0 Å². The number of aliphatic imine (C=N–C) groups is 1. The lowest BCUT2D eigenvalue weighted by atomic mass is 10.0. The maximum atomic E-state index is 12.0. The summed E-state index contributed by atoms with van der Waals surface area (Å²) >= 11 is 0. The van der Waals surface area contributed by atoms with Crippen LogP contribution in [0.15, 0.2) is 65.7 Å². The first kappa shape index (κ1) is 16.0. The fraction of sp³-hybridized carbons (Fsp3) is 0.263. The zero-order chi connectivity index (χ0) is 15.8. The Morgan fingerprint density at radius 1 is 0.955 bits per heavy atom. The smallest absolute Gasteiger partial charge is 0.330 e. The first-order valence-corrected chi connectivity index (χ1v) is 7.61. The van der Waals surface area contributed by atoms with Crippen LogP contribution in [-0.2, 0) is 9.53 Å². The number of nitrogens with zero attached hydrogens (tertiary/aromatic N) is 1. The molecule has 0 saturated heterocycles. The Hall–Kier alpha value is -2.42. The molecule has 0 aliphatic rings. The topological polar surface area (TPSA) is 38.7 Å². The molecule has 2 aromatic rings. The third kappa shape index (κ3) is 4.04. The SMILES string of the molecule is CCOC(=O)[C@@H](CC)N=C(c1ccccc1)c1ccccc1. The van der Waals surface area contributed by atoms with Crippen LogP contribution in [0.1, 0.15) is 31.4 Å². The van der Waals surface area contributed by atoms with Crippen molar-refractivity contribution >= 4 is 11.7 Å². The van der Waals surface area contributed by atoms with Crippen LogP contribution in [-0.4, -0.2) is 24.3 Å². The number of hydrogen-bond acceptors (Lipinski definition) is 3. The molecule has 0 amide bonds. The standard InChI is InChI=1S/C19H21NO2/c1-3-17(19(21)22-4-2)20-18(15-11-7-5-8-12-15)16-13-9-6-10-14-16/h5-14,17H,3-4H2,1-2H3/t17-/m1/s1. The van der Waals surface area contributed by atoms with Gasteiger partial charge in [0.1, 0.15) is 6.04 Å². The molecule has 0 spiro atoms. The van der Waals surface area contributed by atoms with Crippen molar-refractivity contribution < 1.29 is 9.53 Å². The van der Waals surface area contributed by atoms with E-state index in [2.05, 4.69) is 0 Å². The van der Waals surface area contributed by atoms with E-state index in [1.807, 2.05) is 74.5 Å². The van der Waals surface area contributed by atoms with Gasteiger partial charge in [0.05, 0.1) is 12.3 Å². The van der Waals surface area contributed by atoms with Gasteiger partial charge in [0, 0.05) is 11.1 Å². The van der Waals surface area contributed by atoms with E-state index in [-0.39, 0.29) is 5.97 Å². The quantitative estimate of drug-likeness (QED) is 0.599. The summed E-state index contributed by atoms with van der Waals surface area (Å²) in [6, 6.07) is 19.4. The maximum absolute atomic E-state index is 12.0. The molecule has 114 valence electrons. The second-order valence-electron chi connectivity index (χ2n) is 4.89. The average molecular weight is 295 g/mol. The first-order chi connectivity index (χ1) is 10.8. The van der Waals surface area contributed by atoms with Gasteiger partial charge in [-0.05, 0) is 13.3 Å². The minimum absolute atomic E-state index is 0.269. The van der Waals surface area contributed by atoms with E-state index in [4.69, 9.17) is 9.73 Å². The Morgan fingerprint density at radius 2 is 1.45 bits per heavy atom. The summed E-state index contributed by atoms with van der Waals surface area (Å²) < 4.78 is 5.12. The average Bonchev–Trinajstić information content (AvgIpc) is 2.57. The van der Waals surface area contributed by atoms with E-state index < -0.39 is 6.04 Å². The molecule has 1 atom stereocenters. The number of benzene rings is 2. The molecule has 3 heteroatoms. The third-order valence-corrected chi connectivity index (χ3v) is 3.32. The van der Waals surface area contributed by atoms with E-state index in [0.29, 0.717) is 13.0 Å². The fourth-order valence-electron chi connectivity index (χ4n) is 2.21. The van der Waals surface area contributed by atoms with Crippen LogP contribution in [0.25, 0.3) is 0 Å². The van der Waals surface area contributed by atoms with Crippen LogP contribution in [0.3, 0.4) is 0 Å². The van der Waals surface area contributed by atoms with Gasteiger partial charge in [-0.2, -0.15) is 0 Å². The summed E-state index contributed by atoms with van der Waals surface area (Å²) in [4.78, 5) is 16.7. The van der Waals surface area contributed by atoms with Crippen LogP contribution >= 0.6 is 0 Å². The van der Waals surface area contributed by atoms with Crippen LogP contribution < -0.4 is 0 Å². The molecule has 2 rings (SSSR count). The first-order valence-electron chi connectivity index (χ1n) is 7.61. The minimum atomic E-state index is -0.477. The Labute approximate surface area is 131 Å². The molecule has 0 N–H and O–H groups in total. The van der Waals surface area contributed by atoms with Crippen molar-refractivity contribution in [3.8, 4) is 0 Å². The van der Waals surface area contributed by atoms with Gasteiger partial charge in [0.25, 0.3) is 0 Å². The van der Waals surface area contributed by atoms with E-state index in [0.717, 1.165) is 16.8 Å². The highest BCUT2D eigenvalue weighted by atomic mass is 16.5. The van der Waals surface area contributed by atoms with Gasteiger partial charge in [-0.3, -0.25) is 4.99 Å². The lowest BCUT2D eigenvalue weighted by Crippen LogP contribution is -2.23. The van der Waals surface area contributed by atoms with E-state index in [1.165, 1.54) is 0 Å². The van der Waals surface area contributed by atoms with Crippen LogP contribution in [0.4, 0.5) is 0 Å². The van der Waals surface area contributed by atoms with Crippen molar-refractivity contribution in [3.05, 3.63) is 71.8 Å². The highest BCUT2D eigenvalue weighted by Crippen LogP contribution is 2.14. The second kappa shape index (κ2) is 8.13. The zero-order valence-corrected chi connectivity index (χ0v) is 13.0. The number of rotatable bonds is 6. The van der Waals surface area contributed by atoms with Crippen molar-refractivity contribution in [2.45, 2.75) is 26.3 Å². The molecule has 0 unspecified atom stereocenters. The number of esters is 1. The highest BCUT2D eigenvalue weighted by Gasteiger charge is 2.18. The molecule has 2 aromatic carbocycles. The molecule has 0 aliphatic heterocycles. The van der Waals surface area contributed by atoms with Gasteiger partial charge < -0.3 is 4.74 Å². The minimum Gasteiger partial charge on any atom is -0.464 e. The van der Waals surface area contributed by atoms with Crippen molar-refractivity contribution in [1.29, 1.82) is 0 Å². The summed E-state index contributed by atoms with van der Waals surface area (Å²) in [5.41, 5.74) is 2.81. The Bertz CT molecular complexity index is 579. The van der Waals surface area contributed by atoms with Gasteiger partial charge in [0.15, 0.2) is 0 Å². The highest BCUT2D eigenvalue weighted by molar-refractivity contribution is 6.13. The monoisotopic (exact) mass is 295 g/mol. The largest absolute Gasteiger partial charge is 0.464 e. The van der Waals surface area contributed by atoms with Crippen LogP contribution in [0.5, 0.6) is 0 Å². The number of hydrogen-bond donors (Lipinski definition) is 0. The van der Waals surface area contributed by atoms with E-state index >= 15 is 0 Å². The molecular formula is C19H21NO2. The van der Waals surface area contributed by atoms with Gasteiger partial charge in [-0.25, -0.2) is 4.79 Å². The summed E-state index contributed by atoms with van der Waals surface area (Å²) in [6.07, 6.45) is 0.613. The Balaban J connectivity index is 2.44. The van der Waals surface area contributed by atoms with Crippen LogP contribution in [0.2, 0.25) is 0 Å². The van der Waals surface area contributed by atoms with Gasteiger partial charge >= 0.3 is 5.97 Å². The predicted molar refractivity (Wildman–Crippen MR) is 89.2 cm³/mol. The zero-order valence-electron chi connectivity index (χ0n) is 13.0. The summed E-state index contributed by atoms with van der Waals surface area (Å²) in [6.45, 7) is 4.12. The summed E-state index contributed by atoms with van der Waals surface area (Å²) in [5, 5.41) is 0. The molecule has 0 bridgehead atoms. The molecule has 0 fully saturated rings. The van der Waals surface area contributed by atoms with E-state index in [1.54, 1.807) is 0 Å². The fourth-order valence-corrected chi connectivity index (χ4v) is 2.21. The molecule has 22 heavy (non-hydrogen) atoms. The Morgan fingerprint density at radius 3 is 1.86 bits per heavy atom. The normalized spacial score (nSPS) is 11.5. The number of ether oxygens (including phenoxy) is 1. The third-order valence-electron chi connectivity index (χ3n) is 3.32. The summed E-state index contributed by atoms with van der Waals surface area (Å²) in [7, 11) is 0. The van der Waals surface area contributed by atoms with Crippen LogP contribution in [0, 0.1) is 0 Å². The Kier molecular flexibility index (Phi) is 5.90. The predicted octanol–water partition coefficient (Wildman–Crippen LogP) is 3.87. The molecule has 0 aliphatic carbocycles. The van der Waals surface area contributed by atoms with E-state index in [9.17, 15) is 4.79 Å². The molecule has 3 nitrogen and oxygen atoms in total. The molecule has 0 saturated carbocycles.